The van der Waals surface area contributed by atoms with E-state index in [2.05, 4.69) is 60.8 Å². The van der Waals surface area contributed by atoms with Crippen LogP contribution in [-0.2, 0) is 13.1 Å². The Morgan fingerprint density at radius 2 is 1.85 bits per heavy atom. The molecular formula is C25H36N8. The van der Waals surface area contributed by atoms with Crippen molar-refractivity contribution in [3.8, 4) is 0 Å². The summed E-state index contributed by atoms with van der Waals surface area (Å²) in [5.41, 5.74) is 1.23. The number of aromatic nitrogens is 6. The monoisotopic (exact) mass is 448 g/mol. The summed E-state index contributed by atoms with van der Waals surface area (Å²) in [7, 11) is 0. The molecule has 176 valence electrons. The number of rotatable bonds is 10. The van der Waals surface area contributed by atoms with Crippen LogP contribution in [0.3, 0.4) is 0 Å². The molecule has 3 aromatic rings. The van der Waals surface area contributed by atoms with Crippen LogP contribution in [0.2, 0.25) is 0 Å². The van der Waals surface area contributed by atoms with Gasteiger partial charge in [0, 0.05) is 44.6 Å². The molecule has 8 nitrogen and oxygen atoms in total. The highest BCUT2D eigenvalue weighted by Gasteiger charge is 2.31. The van der Waals surface area contributed by atoms with Crippen molar-refractivity contribution in [3.63, 3.8) is 0 Å². The number of hydrogen-bond donors (Lipinski definition) is 0. The number of tetrazole rings is 1. The van der Waals surface area contributed by atoms with Crippen LogP contribution in [0.25, 0.3) is 0 Å². The van der Waals surface area contributed by atoms with E-state index in [0.29, 0.717) is 0 Å². The van der Waals surface area contributed by atoms with Crippen molar-refractivity contribution >= 4 is 0 Å². The molecule has 0 bridgehead atoms. The van der Waals surface area contributed by atoms with E-state index in [1.54, 1.807) is 0 Å². The Hall–Kier alpha value is -2.58. The van der Waals surface area contributed by atoms with E-state index in [1.165, 1.54) is 37.8 Å². The first-order valence-electron chi connectivity index (χ1n) is 12.6. The number of benzene rings is 1. The van der Waals surface area contributed by atoms with Crippen LogP contribution >= 0.6 is 0 Å². The van der Waals surface area contributed by atoms with E-state index in [0.717, 1.165) is 63.9 Å². The van der Waals surface area contributed by atoms with Crippen molar-refractivity contribution in [2.45, 2.75) is 70.1 Å². The van der Waals surface area contributed by atoms with E-state index in [-0.39, 0.29) is 6.04 Å². The Morgan fingerprint density at radius 1 is 0.939 bits per heavy atom. The van der Waals surface area contributed by atoms with Crippen molar-refractivity contribution in [2.24, 2.45) is 0 Å². The van der Waals surface area contributed by atoms with Crippen molar-refractivity contribution < 1.29 is 0 Å². The molecule has 1 saturated carbocycles. The van der Waals surface area contributed by atoms with Gasteiger partial charge in [-0.2, -0.15) is 5.10 Å². The summed E-state index contributed by atoms with van der Waals surface area (Å²) in [6, 6.07) is 13.6. The van der Waals surface area contributed by atoms with Gasteiger partial charge in [0.2, 0.25) is 0 Å². The second kappa shape index (κ2) is 11.0. The van der Waals surface area contributed by atoms with Crippen LogP contribution in [0.1, 0.15) is 62.4 Å². The highest BCUT2D eigenvalue weighted by Crippen LogP contribution is 2.29. The highest BCUT2D eigenvalue weighted by atomic mass is 15.5. The highest BCUT2D eigenvalue weighted by molar-refractivity contribution is 5.15. The molecule has 1 saturated heterocycles. The molecule has 0 amide bonds. The maximum absolute atomic E-state index is 4.56. The van der Waals surface area contributed by atoms with E-state index < -0.39 is 0 Å². The van der Waals surface area contributed by atoms with Gasteiger partial charge in [-0.15, -0.1) is 5.10 Å². The zero-order valence-electron chi connectivity index (χ0n) is 19.5. The van der Waals surface area contributed by atoms with Gasteiger partial charge in [-0.3, -0.25) is 14.5 Å². The van der Waals surface area contributed by atoms with Gasteiger partial charge in [0.25, 0.3) is 0 Å². The zero-order valence-corrected chi connectivity index (χ0v) is 19.5. The predicted octanol–water partition coefficient (Wildman–Crippen LogP) is 3.39. The first-order chi connectivity index (χ1) is 16.4. The average Bonchev–Trinajstić information content (AvgIpc) is 3.42. The van der Waals surface area contributed by atoms with E-state index in [1.807, 2.05) is 27.8 Å². The van der Waals surface area contributed by atoms with Gasteiger partial charge in [-0.25, -0.2) is 4.68 Å². The van der Waals surface area contributed by atoms with Crippen LogP contribution in [0, 0.1) is 0 Å². The smallest absolute Gasteiger partial charge is 0.168 e. The van der Waals surface area contributed by atoms with Gasteiger partial charge < -0.3 is 0 Å². The minimum Gasteiger partial charge on any atom is -0.299 e. The number of aryl methyl sites for hydroxylation is 1. The van der Waals surface area contributed by atoms with E-state index >= 15 is 0 Å². The molecule has 1 atom stereocenters. The molecule has 2 fully saturated rings. The molecule has 5 rings (SSSR count). The van der Waals surface area contributed by atoms with Gasteiger partial charge >= 0.3 is 0 Å². The minimum atomic E-state index is 0.252. The van der Waals surface area contributed by atoms with Gasteiger partial charge in [-0.05, 0) is 67.1 Å². The average molecular weight is 449 g/mol. The van der Waals surface area contributed by atoms with Crippen LogP contribution in [0.5, 0.6) is 0 Å². The predicted molar refractivity (Wildman–Crippen MR) is 128 cm³/mol. The van der Waals surface area contributed by atoms with E-state index in [4.69, 9.17) is 0 Å². The fourth-order valence-corrected chi connectivity index (χ4v) is 5.22. The third kappa shape index (κ3) is 5.68. The Labute approximate surface area is 196 Å². The minimum absolute atomic E-state index is 0.252. The summed E-state index contributed by atoms with van der Waals surface area (Å²) in [6.07, 6.45) is 12.6. The summed E-state index contributed by atoms with van der Waals surface area (Å²) >= 11 is 0. The Morgan fingerprint density at radius 3 is 2.64 bits per heavy atom. The fourth-order valence-electron chi connectivity index (χ4n) is 5.22. The van der Waals surface area contributed by atoms with Crippen LogP contribution in [0.15, 0.2) is 48.8 Å². The molecule has 0 spiro atoms. The lowest BCUT2D eigenvalue weighted by Gasteiger charge is -2.37. The first kappa shape index (κ1) is 22.2. The molecule has 1 unspecified atom stereocenters. The zero-order chi connectivity index (χ0) is 22.3. The number of nitrogens with zero attached hydrogens (tertiary/aromatic N) is 8. The second-order valence-electron chi connectivity index (χ2n) is 9.47. The normalized spacial score (nSPS) is 19.3. The molecule has 0 N–H and O–H groups in total. The van der Waals surface area contributed by atoms with E-state index in [9.17, 15) is 0 Å². The van der Waals surface area contributed by atoms with Gasteiger partial charge in [0.1, 0.15) is 0 Å². The van der Waals surface area contributed by atoms with Gasteiger partial charge in [0.15, 0.2) is 5.82 Å². The topological polar surface area (TPSA) is 67.9 Å². The molecule has 33 heavy (non-hydrogen) atoms. The molecule has 3 heterocycles. The largest absolute Gasteiger partial charge is 0.299 e. The quantitative estimate of drug-likeness (QED) is 0.443. The summed E-state index contributed by atoms with van der Waals surface area (Å²) in [5.74, 6) is 1.01. The SMILES string of the molecule is c1ccc(Cn2nnnc2C(CCCCn2cccn2)N2CCCN(C3CCC3)CC2)cc1. The number of hydrogen-bond acceptors (Lipinski definition) is 6. The fraction of sp³-hybridized carbons (Fsp3) is 0.600. The van der Waals surface area contributed by atoms with Crippen molar-refractivity contribution in [2.75, 3.05) is 26.2 Å². The molecule has 8 heteroatoms. The number of unbranched alkanes of at least 4 members (excludes halogenated alkanes) is 1. The molecular weight excluding hydrogens is 412 g/mol. The maximum atomic E-state index is 4.56. The maximum Gasteiger partial charge on any atom is 0.168 e. The van der Waals surface area contributed by atoms with Crippen LogP contribution < -0.4 is 0 Å². The third-order valence-corrected chi connectivity index (χ3v) is 7.30. The lowest BCUT2D eigenvalue weighted by Crippen LogP contribution is -2.42. The third-order valence-electron chi connectivity index (χ3n) is 7.30. The van der Waals surface area contributed by atoms with Crippen molar-refractivity contribution in [1.29, 1.82) is 0 Å². The summed E-state index contributed by atoms with van der Waals surface area (Å²) in [6.45, 7) is 6.28. The van der Waals surface area contributed by atoms with Gasteiger partial charge in [0.05, 0.1) is 12.6 Å². The van der Waals surface area contributed by atoms with Crippen molar-refractivity contribution in [3.05, 3.63) is 60.2 Å². The molecule has 0 radical (unpaired) electrons. The first-order valence-corrected chi connectivity index (χ1v) is 12.6. The second-order valence-corrected chi connectivity index (χ2v) is 9.47. The Balaban J connectivity index is 1.28. The standard InChI is InChI=1S/C25H36N8/c1-2-9-22(10-3-1)21-33-25(27-28-29-33)24(13-4-5-17-32-18-7-14-26-32)31-16-8-15-30(19-20-31)23-11-6-12-23/h1-3,7,9-10,14,18,23-24H,4-6,8,11-13,15-17,19-21H2. The van der Waals surface area contributed by atoms with Crippen molar-refractivity contribution in [1.82, 2.24) is 39.8 Å². The summed E-state index contributed by atoms with van der Waals surface area (Å²) < 4.78 is 4.04. The lowest BCUT2D eigenvalue weighted by atomic mass is 9.91. The molecule has 2 aromatic heterocycles. The lowest BCUT2D eigenvalue weighted by molar-refractivity contribution is 0.122. The molecule has 2 aliphatic rings. The van der Waals surface area contributed by atoms with Gasteiger partial charge in [-0.1, -0.05) is 36.8 Å². The van der Waals surface area contributed by atoms with Crippen LogP contribution in [-0.4, -0.2) is 72.0 Å². The Bertz CT molecular complexity index is 950. The summed E-state index contributed by atoms with van der Waals surface area (Å²) in [5, 5.41) is 17.4. The molecule has 1 aromatic carbocycles. The molecule has 1 aliphatic heterocycles. The van der Waals surface area contributed by atoms with Crippen LogP contribution in [0.4, 0.5) is 0 Å². The summed E-state index contributed by atoms with van der Waals surface area (Å²) in [4.78, 5) is 5.38. The Kier molecular flexibility index (Phi) is 7.43. The molecule has 1 aliphatic carbocycles.